The van der Waals surface area contributed by atoms with Crippen LogP contribution in [-0.2, 0) is 6.54 Å². The van der Waals surface area contributed by atoms with Gasteiger partial charge in [0.25, 0.3) is 0 Å². The number of hydrogen-bond acceptors (Lipinski definition) is 3. The number of fused-ring (bicyclic) bond motifs is 1. The van der Waals surface area contributed by atoms with Crippen LogP contribution in [-0.4, -0.2) is 12.8 Å². The highest BCUT2D eigenvalue weighted by molar-refractivity contribution is 9.10. The van der Waals surface area contributed by atoms with Gasteiger partial charge in [0.2, 0.25) is 5.79 Å². The van der Waals surface area contributed by atoms with E-state index in [0.717, 1.165) is 28.1 Å². The molecule has 1 N–H and O–H groups in total. The quantitative estimate of drug-likeness (QED) is 0.897. The number of hydrogen-bond donors (Lipinski definition) is 1. The van der Waals surface area contributed by atoms with Gasteiger partial charge in [-0.2, -0.15) is 0 Å². The molecule has 0 bridgehead atoms. The number of halogens is 1. The van der Waals surface area contributed by atoms with Crippen molar-refractivity contribution in [3.05, 3.63) is 22.2 Å². The Bertz CT molecular complexity index is 390. The Morgan fingerprint density at radius 2 is 1.87 bits per heavy atom. The van der Waals surface area contributed by atoms with Crippen LogP contribution in [0, 0.1) is 0 Å². The number of benzene rings is 1. The van der Waals surface area contributed by atoms with Gasteiger partial charge in [-0.05, 0) is 24.7 Å². The summed E-state index contributed by atoms with van der Waals surface area (Å²) in [6, 6.07) is 3.96. The van der Waals surface area contributed by atoms with Crippen LogP contribution in [0.1, 0.15) is 19.4 Å². The third-order valence-electron chi connectivity index (χ3n) is 2.19. The van der Waals surface area contributed by atoms with Crippen molar-refractivity contribution in [1.29, 1.82) is 0 Å². The van der Waals surface area contributed by atoms with Crippen LogP contribution in [0.25, 0.3) is 0 Å². The first kappa shape index (κ1) is 10.8. The molecule has 82 valence electrons. The summed E-state index contributed by atoms with van der Waals surface area (Å²) in [6.45, 7) is 4.61. The van der Waals surface area contributed by atoms with E-state index in [2.05, 4.69) is 21.2 Å². The van der Waals surface area contributed by atoms with Crippen molar-refractivity contribution in [1.82, 2.24) is 5.32 Å². The van der Waals surface area contributed by atoms with E-state index >= 15 is 0 Å². The maximum Gasteiger partial charge on any atom is 0.246 e. The fourth-order valence-corrected chi connectivity index (χ4v) is 2.08. The molecule has 4 heteroatoms. The van der Waals surface area contributed by atoms with E-state index in [4.69, 9.17) is 9.47 Å². The monoisotopic (exact) mass is 271 g/mol. The lowest BCUT2D eigenvalue weighted by Crippen LogP contribution is -2.29. The van der Waals surface area contributed by atoms with Crippen LogP contribution < -0.4 is 14.8 Å². The van der Waals surface area contributed by atoms with Crippen LogP contribution in [0.3, 0.4) is 0 Å². The summed E-state index contributed by atoms with van der Waals surface area (Å²) < 4.78 is 12.3. The predicted octanol–water partition coefficient (Wildman–Crippen LogP) is 2.68. The second kappa shape index (κ2) is 3.68. The largest absolute Gasteiger partial charge is 0.449 e. The summed E-state index contributed by atoms with van der Waals surface area (Å²) >= 11 is 3.51. The smallest absolute Gasteiger partial charge is 0.246 e. The van der Waals surface area contributed by atoms with Gasteiger partial charge in [-0.25, -0.2) is 0 Å². The van der Waals surface area contributed by atoms with Gasteiger partial charge < -0.3 is 14.8 Å². The topological polar surface area (TPSA) is 30.5 Å². The maximum absolute atomic E-state index is 5.67. The second-order valence-corrected chi connectivity index (χ2v) is 4.88. The van der Waals surface area contributed by atoms with Crippen molar-refractivity contribution in [2.24, 2.45) is 0 Å². The summed E-state index contributed by atoms with van der Waals surface area (Å²) in [6.07, 6.45) is 0. The van der Waals surface area contributed by atoms with Gasteiger partial charge in [-0.1, -0.05) is 15.9 Å². The van der Waals surface area contributed by atoms with Crippen LogP contribution >= 0.6 is 15.9 Å². The Balaban J connectivity index is 2.36. The van der Waals surface area contributed by atoms with Crippen molar-refractivity contribution in [3.8, 4) is 11.5 Å². The Morgan fingerprint density at radius 1 is 1.27 bits per heavy atom. The molecule has 0 aromatic heterocycles. The summed E-state index contributed by atoms with van der Waals surface area (Å²) in [5.74, 6) is 1.06. The lowest BCUT2D eigenvalue weighted by atomic mass is 10.2. The lowest BCUT2D eigenvalue weighted by molar-refractivity contribution is -0.0431. The maximum atomic E-state index is 5.67. The van der Waals surface area contributed by atoms with Gasteiger partial charge in [0, 0.05) is 24.9 Å². The molecule has 0 unspecified atom stereocenters. The average molecular weight is 272 g/mol. The Kier molecular flexibility index (Phi) is 2.64. The number of ether oxygens (including phenoxy) is 2. The lowest BCUT2D eigenvalue weighted by Gasteiger charge is -2.16. The Labute approximate surface area is 97.9 Å². The van der Waals surface area contributed by atoms with E-state index in [0.29, 0.717) is 0 Å². The standard InChI is InChI=1S/C11H14BrNO2/c1-11(2)14-9-4-7(6-13-3)8(12)5-10(9)15-11/h4-5,13H,6H2,1-3H3. The minimum Gasteiger partial charge on any atom is -0.449 e. The molecule has 0 saturated heterocycles. The molecular weight excluding hydrogens is 258 g/mol. The summed E-state index contributed by atoms with van der Waals surface area (Å²) in [4.78, 5) is 0. The number of nitrogens with one attached hydrogen (secondary N) is 1. The van der Waals surface area contributed by atoms with Gasteiger partial charge in [0.1, 0.15) is 0 Å². The van der Waals surface area contributed by atoms with Crippen molar-refractivity contribution >= 4 is 15.9 Å². The molecule has 1 heterocycles. The molecule has 1 aromatic carbocycles. The van der Waals surface area contributed by atoms with Crippen LogP contribution in [0.4, 0.5) is 0 Å². The van der Waals surface area contributed by atoms with E-state index in [1.54, 1.807) is 0 Å². The average Bonchev–Trinajstić information content (AvgIpc) is 2.39. The minimum atomic E-state index is -0.556. The second-order valence-electron chi connectivity index (χ2n) is 4.02. The van der Waals surface area contributed by atoms with Gasteiger partial charge >= 0.3 is 0 Å². The molecule has 0 atom stereocenters. The predicted molar refractivity (Wildman–Crippen MR) is 62.2 cm³/mol. The minimum absolute atomic E-state index is 0.556. The Hall–Kier alpha value is -0.740. The highest BCUT2D eigenvalue weighted by Gasteiger charge is 2.32. The first-order chi connectivity index (χ1) is 7.02. The van der Waals surface area contributed by atoms with Crippen LogP contribution in [0.5, 0.6) is 11.5 Å². The Morgan fingerprint density at radius 3 is 2.47 bits per heavy atom. The van der Waals surface area contributed by atoms with E-state index in [1.807, 2.05) is 33.0 Å². The molecular formula is C11H14BrNO2. The molecule has 0 saturated carbocycles. The molecule has 0 radical (unpaired) electrons. The summed E-state index contributed by atoms with van der Waals surface area (Å²) in [7, 11) is 1.92. The van der Waals surface area contributed by atoms with Crippen LogP contribution in [0.2, 0.25) is 0 Å². The fourth-order valence-electron chi connectivity index (χ4n) is 1.61. The highest BCUT2D eigenvalue weighted by Crippen LogP contribution is 2.42. The zero-order chi connectivity index (χ0) is 11.1. The molecule has 2 rings (SSSR count). The molecule has 1 aliphatic heterocycles. The molecule has 0 aliphatic carbocycles. The zero-order valence-corrected chi connectivity index (χ0v) is 10.6. The van der Waals surface area contributed by atoms with Gasteiger partial charge in [0.05, 0.1) is 0 Å². The van der Waals surface area contributed by atoms with Crippen molar-refractivity contribution < 1.29 is 9.47 Å². The van der Waals surface area contributed by atoms with E-state index in [9.17, 15) is 0 Å². The summed E-state index contributed by atoms with van der Waals surface area (Å²) in [5.41, 5.74) is 1.16. The molecule has 15 heavy (non-hydrogen) atoms. The molecule has 1 aromatic rings. The van der Waals surface area contributed by atoms with Gasteiger partial charge in [-0.15, -0.1) is 0 Å². The number of rotatable bonds is 2. The SMILES string of the molecule is CNCc1cc2c(cc1Br)OC(C)(C)O2. The highest BCUT2D eigenvalue weighted by atomic mass is 79.9. The van der Waals surface area contributed by atoms with Gasteiger partial charge in [-0.3, -0.25) is 0 Å². The molecule has 0 spiro atoms. The van der Waals surface area contributed by atoms with Crippen LogP contribution in [0.15, 0.2) is 16.6 Å². The summed E-state index contributed by atoms with van der Waals surface area (Å²) in [5, 5.41) is 3.11. The molecule has 1 aliphatic rings. The van der Waals surface area contributed by atoms with Gasteiger partial charge in [0.15, 0.2) is 11.5 Å². The zero-order valence-electron chi connectivity index (χ0n) is 9.06. The molecule has 0 amide bonds. The first-order valence-corrected chi connectivity index (χ1v) is 5.66. The van der Waals surface area contributed by atoms with Crippen molar-refractivity contribution in [3.63, 3.8) is 0 Å². The molecule has 0 fully saturated rings. The third-order valence-corrected chi connectivity index (χ3v) is 2.93. The first-order valence-electron chi connectivity index (χ1n) is 4.87. The van der Waals surface area contributed by atoms with E-state index < -0.39 is 5.79 Å². The van der Waals surface area contributed by atoms with E-state index in [1.165, 1.54) is 0 Å². The van der Waals surface area contributed by atoms with Crippen molar-refractivity contribution in [2.75, 3.05) is 7.05 Å². The third kappa shape index (κ3) is 2.11. The normalized spacial score (nSPS) is 16.8. The van der Waals surface area contributed by atoms with E-state index in [-0.39, 0.29) is 0 Å². The molecule has 3 nitrogen and oxygen atoms in total. The van der Waals surface area contributed by atoms with Crippen molar-refractivity contribution in [2.45, 2.75) is 26.2 Å². The fraction of sp³-hybridized carbons (Fsp3) is 0.455.